The molecule has 5 nitrogen and oxygen atoms in total. The number of hydrogen-bond donors (Lipinski definition) is 1. The van der Waals surface area contributed by atoms with E-state index in [2.05, 4.69) is 24.1 Å². The summed E-state index contributed by atoms with van der Waals surface area (Å²) in [4.78, 5) is 16.7. The van der Waals surface area contributed by atoms with E-state index in [4.69, 9.17) is 9.47 Å². The Morgan fingerprint density at radius 1 is 1.17 bits per heavy atom. The third-order valence-electron chi connectivity index (χ3n) is 4.37. The smallest absolute Gasteiger partial charge is 0.250 e. The van der Waals surface area contributed by atoms with Crippen molar-refractivity contribution in [3.05, 3.63) is 65.6 Å². The van der Waals surface area contributed by atoms with Gasteiger partial charge in [-0.15, -0.1) is 11.3 Å². The molecular formula is C24H26N2O3S. The maximum absolute atomic E-state index is 12.3. The number of rotatable bonds is 9. The van der Waals surface area contributed by atoms with Crippen LogP contribution in [0.2, 0.25) is 0 Å². The first-order valence-corrected chi connectivity index (χ1v) is 10.7. The van der Waals surface area contributed by atoms with Crippen molar-refractivity contribution in [2.45, 2.75) is 20.3 Å². The van der Waals surface area contributed by atoms with Gasteiger partial charge in [-0.2, -0.15) is 0 Å². The molecule has 1 N–H and O–H groups in total. The fraction of sp³-hybridized carbons (Fsp3) is 0.250. The monoisotopic (exact) mass is 422 g/mol. The van der Waals surface area contributed by atoms with Crippen LogP contribution in [0, 0.1) is 5.92 Å². The Hall–Kier alpha value is -3.12. The van der Waals surface area contributed by atoms with Gasteiger partial charge in [0.2, 0.25) is 5.91 Å². The van der Waals surface area contributed by atoms with Crippen LogP contribution in [0.5, 0.6) is 11.5 Å². The molecule has 156 valence electrons. The summed E-state index contributed by atoms with van der Waals surface area (Å²) < 4.78 is 11.2. The standard InChI is InChI=1S/C24H26N2O3S/c1-17(2)13-14-29-21-11-9-18(15-22(21)28-3)10-12-23(27)26-24-25-20(16-30-24)19-7-5-4-6-8-19/h4-12,15-17H,13-14H2,1-3H3,(H,25,26,27)/b12-10+. The number of ether oxygens (including phenoxy) is 2. The number of benzene rings is 2. The normalized spacial score (nSPS) is 11.1. The van der Waals surface area contributed by atoms with Gasteiger partial charge in [-0.3, -0.25) is 10.1 Å². The van der Waals surface area contributed by atoms with E-state index in [9.17, 15) is 4.79 Å². The Morgan fingerprint density at radius 3 is 2.70 bits per heavy atom. The number of carbonyl (C=O) groups excluding carboxylic acids is 1. The summed E-state index contributed by atoms with van der Waals surface area (Å²) in [5.74, 6) is 1.70. The summed E-state index contributed by atoms with van der Waals surface area (Å²) in [7, 11) is 1.61. The Morgan fingerprint density at radius 2 is 1.97 bits per heavy atom. The zero-order valence-electron chi connectivity index (χ0n) is 17.4. The fourth-order valence-electron chi connectivity index (χ4n) is 2.70. The zero-order chi connectivity index (χ0) is 21.3. The highest BCUT2D eigenvalue weighted by molar-refractivity contribution is 7.14. The lowest BCUT2D eigenvalue weighted by Crippen LogP contribution is -2.07. The van der Waals surface area contributed by atoms with Crippen LogP contribution in [-0.4, -0.2) is 24.6 Å². The first kappa shape index (κ1) is 21.6. The Bertz CT molecular complexity index is 997. The highest BCUT2D eigenvalue weighted by Crippen LogP contribution is 2.29. The zero-order valence-corrected chi connectivity index (χ0v) is 18.2. The van der Waals surface area contributed by atoms with E-state index < -0.39 is 0 Å². The second-order valence-electron chi connectivity index (χ2n) is 7.17. The largest absolute Gasteiger partial charge is 0.493 e. The quantitative estimate of drug-likeness (QED) is 0.437. The summed E-state index contributed by atoms with van der Waals surface area (Å²) in [6.45, 7) is 4.96. The molecule has 0 spiro atoms. The van der Waals surface area contributed by atoms with Crippen molar-refractivity contribution in [2.75, 3.05) is 19.0 Å². The van der Waals surface area contributed by atoms with Crippen molar-refractivity contribution in [2.24, 2.45) is 5.92 Å². The van der Waals surface area contributed by atoms with E-state index >= 15 is 0 Å². The molecule has 0 saturated heterocycles. The van der Waals surface area contributed by atoms with E-state index in [0.29, 0.717) is 29.2 Å². The van der Waals surface area contributed by atoms with Gasteiger partial charge in [0.05, 0.1) is 19.4 Å². The van der Waals surface area contributed by atoms with Crippen LogP contribution < -0.4 is 14.8 Å². The van der Waals surface area contributed by atoms with Crippen LogP contribution >= 0.6 is 11.3 Å². The number of nitrogens with one attached hydrogen (secondary N) is 1. The van der Waals surface area contributed by atoms with Crippen LogP contribution in [0.4, 0.5) is 5.13 Å². The first-order chi connectivity index (χ1) is 14.5. The summed E-state index contributed by atoms with van der Waals surface area (Å²) in [6, 6.07) is 15.5. The van der Waals surface area contributed by atoms with Gasteiger partial charge < -0.3 is 9.47 Å². The van der Waals surface area contributed by atoms with Crippen LogP contribution in [0.1, 0.15) is 25.8 Å². The predicted octanol–water partition coefficient (Wildman–Crippen LogP) is 5.90. The SMILES string of the molecule is COc1cc(/C=C/C(=O)Nc2nc(-c3ccccc3)cs2)ccc1OCCC(C)C. The minimum Gasteiger partial charge on any atom is -0.493 e. The number of aromatic nitrogens is 1. The Balaban J connectivity index is 1.60. The van der Waals surface area contributed by atoms with Crippen molar-refractivity contribution >= 4 is 28.5 Å². The van der Waals surface area contributed by atoms with Crippen molar-refractivity contribution in [3.63, 3.8) is 0 Å². The van der Waals surface area contributed by atoms with Crippen molar-refractivity contribution in [1.29, 1.82) is 0 Å². The Kier molecular flexibility index (Phi) is 7.63. The molecule has 2 aromatic carbocycles. The van der Waals surface area contributed by atoms with Crippen LogP contribution in [0.25, 0.3) is 17.3 Å². The molecule has 0 atom stereocenters. The van der Waals surface area contributed by atoms with Gasteiger partial charge in [-0.05, 0) is 36.1 Å². The number of hydrogen-bond acceptors (Lipinski definition) is 5. The van der Waals surface area contributed by atoms with Gasteiger partial charge in [-0.1, -0.05) is 50.2 Å². The molecule has 0 aliphatic carbocycles. The molecule has 0 fully saturated rings. The molecule has 0 unspecified atom stereocenters. The number of anilines is 1. The highest BCUT2D eigenvalue weighted by Gasteiger charge is 2.08. The summed E-state index contributed by atoms with van der Waals surface area (Å²) in [5, 5.41) is 5.30. The lowest BCUT2D eigenvalue weighted by molar-refractivity contribution is -0.111. The molecule has 0 radical (unpaired) electrons. The van der Waals surface area contributed by atoms with Crippen LogP contribution in [-0.2, 0) is 4.79 Å². The molecular weight excluding hydrogens is 396 g/mol. The summed E-state index contributed by atoms with van der Waals surface area (Å²) >= 11 is 1.40. The number of carbonyl (C=O) groups is 1. The van der Waals surface area contributed by atoms with E-state index in [1.807, 2.05) is 53.9 Å². The predicted molar refractivity (Wildman–Crippen MR) is 123 cm³/mol. The average molecular weight is 423 g/mol. The second kappa shape index (κ2) is 10.6. The molecule has 3 aromatic rings. The minimum atomic E-state index is -0.236. The summed E-state index contributed by atoms with van der Waals surface area (Å²) in [5.41, 5.74) is 2.72. The van der Waals surface area contributed by atoms with Gasteiger partial charge in [0, 0.05) is 17.0 Å². The maximum Gasteiger partial charge on any atom is 0.250 e. The van der Waals surface area contributed by atoms with Crippen molar-refractivity contribution in [1.82, 2.24) is 4.98 Å². The topological polar surface area (TPSA) is 60.5 Å². The number of nitrogens with zero attached hydrogens (tertiary/aromatic N) is 1. The number of methoxy groups -OCH3 is 1. The molecule has 6 heteroatoms. The van der Waals surface area contributed by atoms with Crippen molar-refractivity contribution in [3.8, 4) is 22.8 Å². The minimum absolute atomic E-state index is 0.236. The molecule has 0 aliphatic rings. The number of thiazole rings is 1. The maximum atomic E-state index is 12.3. The Labute approximate surface area is 181 Å². The second-order valence-corrected chi connectivity index (χ2v) is 8.03. The van der Waals surface area contributed by atoms with Crippen LogP contribution in [0.3, 0.4) is 0 Å². The molecule has 0 bridgehead atoms. The lowest BCUT2D eigenvalue weighted by Gasteiger charge is -2.12. The van der Waals surface area contributed by atoms with E-state index in [-0.39, 0.29) is 5.91 Å². The van der Waals surface area contributed by atoms with Gasteiger partial charge in [0.25, 0.3) is 0 Å². The van der Waals surface area contributed by atoms with E-state index in [1.54, 1.807) is 13.2 Å². The number of amides is 1. The summed E-state index contributed by atoms with van der Waals surface area (Å²) in [6.07, 6.45) is 4.20. The fourth-order valence-corrected chi connectivity index (χ4v) is 3.43. The van der Waals surface area contributed by atoms with Crippen molar-refractivity contribution < 1.29 is 14.3 Å². The molecule has 0 aliphatic heterocycles. The van der Waals surface area contributed by atoms with Gasteiger partial charge in [0.1, 0.15) is 0 Å². The van der Waals surface area contributed by atoms with Gasteiger partial charge in [0.15, 0.2) is 16.6 Å². The van der Waals surface area contributed by atoms with Crippen LogP contribution in [0.15, 0.2) is 60.0 Å². The van der Waals surface area contributed by atoms with E-state index in [1.165, 1.54) is 17.4 Å². The van der Waals surface area contributed by atoms with Gasteiger partial charge in [-0.25, -0.2) is 4.98 Å². The molecule has 0 saturated carbocycles. The first-order valence-electron chi connectivity index (χ1n) is 9.86. The van der Waals surface area contributed by atoms with Gasteiger partial charge >= 0.3 is 0 Å². The molecule has 1 heterocycles. The lowest BCUT2D eigenvalue weighted by atomic mass is 10.1. The third kappa shape index (κ3) is 6.19. The van der Waals surface area contributed by atoms with E-state index in [0.717, 1.165) is 23.2 Å². The molecule has 3 rings (SSSR count). The molecule has 30 heavy (non-hydrogen) atoms. The molecule has 1 aromatic heterocycles. The third-order valence-corrected chi connectivity index (χ3v) is 5.13. The average Bonchev–Trinajstić information content (AvgIpc) is 3.21. The molecule has 1 amide bonds. The highest BCUT2D eigenvalue weighted by atomic mass is 32.1.